The number of hydrogen-bond donors (Lipinski definition) is 4. The highest BCUT2D eigenvalue weighted by Crippen LogP contribution is 2.37. The molecule has 0 aliphatic rings. The lowest BCUT2D eigenvalue weighted by Gasteiger charge is -2.09. The molecule has 0 atom stereocenters. The minimum Gasteiger partial charge on any atom is -0.399 e. The maximum Gasteiger partial charge on any atom is 0.0457 e. The van der Waals surface area contributed by atoms with E-state index in [4.69, 9.17) is 22.9 Å². The zero-order valence-corrected chi connectivity index (χ0v) is 14.9. The molecular weight excluding hydrogens is 374 g/mol. The Balaban J connectivity index is -0.000000810. The molecule has 0 radical (unpaired) electrons. The van der Waals surface area contributed by atoms with E-state index in [1.807, 2.05) is 12.1 Å². The Hall–Kier alpha value is -0.850. The molecule has 0 aromatic heterocycles. The second kappa shape index (κ2) is 10.8. The van der Waals surface area contributed by atoms with Gasteiger partial charge in [0, 0.05) is 32.5 Å². The van der Waals surface area contributed by atoms with Crippen LogP contribution >= 0.6 is 61.4 Å². The molecule has 4 nitrogen and oxygen atoms in total. The number of nitrogen functional groups attached to an aromatic ring is 4. The quantitative estimate of drug-likeness (QED) is 0.582. The third kappa shape index (κ3) is 6.63. The second-order valence-electron chi connectivity index (χ2n) is 3.70. The van der Waals surface area contributed by atoms with Gasteiger partial charge in [-0.05, 0) is 36.4 Å². The number of nitrogens with two attached hydrogens (primary N) is 4. The molecule has 0 heterocycles. The molecule has 0 aliphatic carbocycles. The van der Waals surface area contributed by atoms with Crippen molar-refractivity contribution < 1.29 is 0 Å². The SMILES string of the molecule is Cl.Cl.Cl.Cl.Nc1ccc(N)c(Sc2cc(N)ccc2N)c1. The average molecular weight is 392 g/mol. The first-order chi connectivity index (χ1) is 8.06. The number of hydrogen-bond acceptors (Lipinski definition) is 5. The number of rotatable bonds is 2. The summed E-state index contributed by atoms with van der Waals surface area (Å²) in [4.78, 5) is 1.75. The van der Waals surface area contributed by atoms with Crippen LogP contribution in [0.5, 0.6) is 0 Å². The first-order valence-electron chi connectivity index (χ1n) is 5.04. The van der Waals surface area contributed by atoms with E-state index >= 15 is 0 Å². The molecular formula is C12H18Cl4N4S. The maximum absolute atomic E-state index is 5.88. The van der Waals surface area contributed by atoms with Crippen LogP contribution in [0.1, 0.15) is 0 Å². The van der Waals surface area contributed by atoms with Crippen LogP contribution in [0.15, 0.2) is 46.2 Å². The molecule has 0 saturated carbocycles. The van der Waals surface area contributed by atoms with E-state index in [0.717, 1.165) is 9.79 Å². The van der Waals surface area contributed by atoms with E-state index in [2.05, 4.69) is 0 Å². The highest BCUT2D eigenvalue weighted by atomic mass is 35.5. The second-order valence-corrected chi connectivity index (χ2v) is 4.78. The Bertz CT molecular complexity index is 519. The molecule has 0 unspecified atom stereocenters. The predicted molar refractivity (Wildman–Crippen MR) is 104 cm³/mol. The molecule has 9 heteroatoms. The molecule has 0 saturated heterocycles. The van der Waals surface area contributed by atoms with Crippen LogP contribution in [0, 0.1) is 0 Å². The molecule has 2 aromatic carbocycles. The van der Waals surface area contributed by atoms with Gasteiger partial charge in [0.25, 0.3) is 0 Å². The summed E-state index contributed by atoms with van der Waals surface area (Å²) in [6, 6.07) is 10.7. The molecule has 2 rings (SSSR count). The third-order valence-corrected chi connectivity index (χ3v) is 3.44. The van der Waals surface area contributed by atoms with Gasteiger partial charge in [0.2, 0.25) is 0 Å². The molecule has 120 valence electrons. The van der Waals surface area contributed by atoms with Crippen LogP contribution < -0.4 is 22.9 Å². The van der Waals surface area contributed by atoms with Gasteiger partial charge >= 0.3 is 0 Å². The lowest BCUT2D eigenvalue weighted by Crippen LogP contribution is -1.94. The van der Waals surface area contributed by atoms with Crippen molar-refractivity contribution >= 4 is 84.1 Å². The van der Waals surface area contributed by atoms with Crippen molar-refractivity contribution in [2.24, 2.45) is 0 Å². The smallest absolute Gasteiger partial charge is 0.0457 e. The normalized spacial score (nSPS) is 8.38. The predicted octanol–water partition coefficient (Wildman–Crippen LogP) is 3.85. The highest BCUT2D eigenvalue weighted by molar-refractivity contribution is 7.99. The van der Waals surface area contributed by atoms with E-state index in [1.165, 1.54) is 11.8 Å². The molecule has 2 aromatic rings. The standard InChI is InChI=1S/C12H14N4S.4ClH/c13-7-1-3-9(15)11(5-7)17-12-6-8(14)2-4-10(12)16;;;;/h1-6H,13-16H2;4*1H. The minimum absolute atomic E-state index is 0. The minimum atomic E-state index is 0. The monoisotopic (exact) mass is 390 g/mol. The Morgan fingerprint density at radius 3 is 1.24 bits per heavy atom. The van der Waals surface area contributed by atoms with Gasteiger partial charge in [-0.25, -0.2) is 0 Å². The van der Waals surface area contributed by atoms with Gasteiger partial charge in [0.15, 0.2) is 0 Å². The van der Waals surface area contributed by atoms with Crippen molar-refractivity contribution in [2.75, 3.05) is 22.9 Å². The van der Waals surface area contributed by atoms with E-state index in [-0.39, 0.29) is 49.6 Å². The number of benzene rings is 2. The summed E-state index contributed by atoms with van der Waals surface area (Å²) in [5, 5.41) is 0. The molecule has 0 aliphatic heterocycles. The van der Waals surface area contributed by atoms with Gasteiger partial charge < -0.3 is 22.9 Å². The zero-order chi connectivity index (χ0) is 12.4. The van der Waals surface area contributed by atoms with Crippen molar-refractivity contribution in [3.8, 4) is 0 Å². The first-order valence-corrected chi connectivity index (χ1v) is 5.86. The van der Waals surface area contributed by atoms with Crippen LogP contribution in [-0.2, 0) is 0 Å². The fourth-order valence-corrected chi connectivity index (χ4v) is 2.40. The summed E-state index contributed by atoms with van der Waals surface area (Å²) in [6.07, 6.45) is 0. The largest absolute Gasteiger partial charge is 0.399 e. The van der Waals surface area contributed by atoms with E-state index in [0.29, 0.717) is 22.7 Å². The van der Waals surface area contributed by atoms with Crippen molar-refractivity contribution in [1.82, 2.24) is 0 Å². The summed E-state index contributed by atoms with van der Waals surface area (Å²) in [7, 11) is 0. The van der Waals surface area contributed by atoms with Crippen molar-refractivity contribution in [1.29, 1.82) is 0 Å². The number of halogens is 4. The molecule has 0 amide bonds. The maximum atomic E-state index is 5.88. The van der Waals surface area contributed by atoms with Gasteiger partial charge in [0.05, 0.1) is 0 Å². The Kier molecular flexibility index (Phi) is 12.9. The Morgan fingerprint density at radius 1 is 0.571 bits per heavy atom. The summed E-state index contributed by atoms with van der Waals surface area (Å²) in [5.41, 5.74) is 25.9. The van der Waals surface area contributed by atoms with Crippen LogP contribution in [0.25, 0.3) is 0 Å². The van der Waals surface area contributed by atoms with Crippen molar-refractivity contribution in [2.45, 2.75) is 9.79 Å². The van der Waals surface area contributed by atoms with Gasteiger partial charge in [-0.3, -0.25) is 0 Å². The zero-order valence-electron chi connectivity index (χ0n) is 10.8. The lowest BCUT2D eigenvalue weighted by molar-refractivity contribution is 1.41. The third-order valence-electron chi connectivity index (χ3n) is 2.30. The van der Waals surface area contributed by atoms with Gasteiger partial charge in [0.1, 0.15) is 0 Å². The molecule has 0 fully saturated rings. The Labute approximate surface area is 153 Å². The highest BCUT2D eigenvalue weighted by Gasteiger charge is 2.06. The van der Waals surface area contributed by atoms with Gasteiger partial charge in [-0.1, -0.05) is 11.8 Å². The lowest BCUT2D eigenvalue weighted by atomic mass is 10.3. The number of anilines is 4. The van der Waals surface area contributed by atoms with Crippen LogP contribution in [0.4, 0.5) is 22.7 Å². The first kappa shape index (κ1) is 25.1. The summed E-state index contributed by atoms with van der Waals surface area (Å²) in [5.74, 6) is 0. The fourth-order valence-electron chi connectivity index (χ4n) is 1.40. The van der Waals surface area contributed by atoms with E-state index in [9.17, 15) is 0 Å². The van der Waals surface area contributed by atoms with Crippen LogP contribution in [0.2, 0.25) is 0 Å². The summed E-state index contributed by atoms with van der Waals surface area (Å²) < 4.78 is 0. The van der Waals surface area contributed by atoms with Crippen LogP contribution in [-0.4, -0.2) is 0 Å². The molecule has 0 bridgehead atoms. The topological polar surface area (TPSA) is 104 Å². The molecule has 0 spiro atoms. The molecule has 21 heavy (non-hydrogen) atoms. The van der Waals surface area contributed by atoms with E-state index in [1.54, 1.807) is 24.3 Å². The van der Waals surface area contributed by atoms with Crippen LogP contribution in [0.3, 0.4) is 0 Å². The summed E-state index contributed by atoms with van der Waals surface area (Å²) >= 11 is 1.46. The van der Waals surface area contributed by atoms with Gasteiger partial charge in [-0.15, -0.1) is 49.6 Å². The van der Waals surface area contributed by atoms with Crippen molar-refractivity contribution in [3.05, 3.63) is 36.4 Å². The van der Waals surface area contributed by atoms with E-state index < -0.39 is 0 Å². The van der Waals surface area contributed by atoms with Gasteiger partial charge in [-0.2, -0.15) is 0 Å². The average Bonchev–Trinajstić information content (AvgIpc) is 2.28. The molecule has 8 N–H and O–H groups in total. The summed E-state index contributed by atoms with van der Waals surface area (Å²) in [6.45, 7) is 0. The Morgan fingerprint density at radius 2 is 0.905 bits per heavy atom. The fraction of sp³-hybridized carbons (Fsp3) is 0. The van der Waals surface area contributed by atoms with Crippen molar-refractivity contribution in [3.63, 3.8) is 0 Å².